The van der Waals surface area contributed by atoms with Crippen LogP contribution in [0.3, 0.4) is 0 Å². The summed E-state index contributed by atoms with van der Waals surface area (Å²) in [6.45, 7) is 18.9. The van der Waals surface area contributed by atoms with E-state index in [1.54, 1.807) is 0 Å². The molecule has 0 saturated carbocycles. The van der Waals surface area contributed by atoms with E-state index in [-0.39, 0.29) is 38.8 Å². The van der Waals surface area contributed by atoms with E-state index in [1.165, 1.54) is 0 Å². The topological polar surface area (TPSA) is 148 Å². The standard InChI is InChI=1S/C23H37N7O2.3CO.Re/c1-19-8-7-13-30(19)23(32)16-26-22(31)9-5-4-6-12-29(17-20-24-10-14-27(20)2)18-21-25-11-15-28(21)3;3*1-2;/h10-11,14-15,19H,4-9,12-13,16-18H2,1-3H3,(H,26,31);;;;. The zero-order valence-corrected chi connectivity index (χ0v) is 25.5. The fourth-order valence-electron chi connectivity index (χ4n) is 4.18. The maximum atomic E-state index is 12.2. The number of nitrogens with zero attached hydrogens (tertiary/aromatic N) is 6. The monoisotopic (exact) mass is 714 g/mol. The third-order valence-electron chi connectivity index (χ3n) is 6.26. The number of aromatic nitrogens is 4. The summed E-state index contributed by atoms with van der Waals surface area (Å²) in [4.78, 5) is 37.5. The summed E-state index contributed by atoms with van der Waals surface area (Å²) in [5, 5.41) is 2.79. The summed E-state index contributed by atoms with van der Waals surface area (Å²) in [6, 6.07) is 0.291. The van der Waals surface area contributed by atoms with Crippen molar-refractivity contribution in [1.82, 2.24) is 34.2 Å². The molecule has 2 aromatic rings. The third-order valence-corrected chi connectivity index (χ3v) is 6.26. The van der Waals surface area contributed by atoms with Crippen molar-refractivity contribution in [3.05, 3.63) is 56.4 Å². The Balaban J connectivity index is 0. The first-order valence-corrected chi connectivity index (χ1v) is 12.3. The molecule has 1 unspecified atom stereocenters. The minimum atomic E-state index is -0.0388. The van der Waals surface area contributed by atoms with E-state index >= 15 is 0 Å². The number of nitrogens with one attached hydrogen (secondary N) is 1. The Morgan fingerprint density at radius 2 is 1.51 bits per heavy atom. The molecular formula is C26H37N7O5Re. The number of carbonyl (C=O) groups excluding carboxylic acids is 2. The van der Waals surface area contributed by atoms with Crippen molar-refractivity contribution < 1.29 is 44.0 Å². The summed E-state index contributed by atoms with van der Waals surface area (Å²) >= 11 is 0. The van der Waals surface area contributed by atoms with Crippen LogP contribution in [0, 0.1) is 20.0 Å². The van der Waals surface area contributed by atoms with Crippen LogP contribution in [0.1, 0.15) is 57.1 Å². The van der Waals surface area contributed by atoms with Crippen LogP contribution in [0.4, 0.5) is 0 Å². The van der Waals surface area contributed by atoms with E-state index in [4.69, 9.17) is 14.0 Å². The molecule has 1 saturated heterocycles. The summed E-state index contributed by atoms with van der Waals surface area (Å²) in [7, 11) is 4.02. The van der Waals surface area contributed by atoms with Crippen molar-refractivity contribution in [3.63, 3.8) is 0 Å². The predicted octanol–water partition coefficient (Wildman–Crippen LogP) is 1.73. The van der Waals surface area contributed by atoms with Gasteiger partial charge in [-0.05, 0) is 39.2 Å². The summed E-state index contributed by atoms with van der Waals surface area (Å²) < 4.78 is 26.6. The fraction of sp³-hybridized carbons (Fsp3) is 0.577. The number of amides is 2. The SMILES string of the molecule is CC1CCCN1C(=O)CNC(=O)CCCCCN(Cc1nccn1C)Cc1nccn1C.[C-]#[O+].[C-]#[O+].[C-]#[O+].[Re]. The van der Waals surface area contributed by atoms with Crippen molar-refractivity contribution in [3.8, 4) is 0 Å². The molecule has 12 nitrogen and oxygen atoms in total. The molecule has 2 aromatic heterocycles. The predicted molar refractivity (Wildman–Crippen MR) is 134 cm³/mol. The second kappa shape index (κ2) is 23.1. The molecule has 3 rings (SSSR count). The molecule has 1 N–H and O–H groups in total. The zero-order chi connectivity index (χ0) is 28.9. The summed E-state index contributed by atoms with van der Waals surface area (Å²) in [5.74, 6) is 2.04. The summed E-state index contributed by atoms with van der Waals surface area (Å²) in [6.07, 6.45) is 12.9. The Hall–Kier alpha value is -2.80. The minimum absolute atomic E-state index is 0. The smallest absolute Gasteiger partial charge is 0 e. The van der Waals surface area contributed by atoms with Crippen LogP contribution < -0.4 is 5.32 Å². The van der Waals surface area contributed by atoms with Gasteiger partial charge in [-0.25, -0.2) is 9.97 Å². The van der Waals surface area contributed by atoms with E-state index < -0.39 is 0 Å². The van der Waals surface area contributed by atoms with E-state index in [1.807, 2.05) is 52.9 Å². The van der Waals surface area contributed by atoms with Crippen molar-refractivity contribution in [2.45, 2.75) is 64.6 Å². The number of hydrogen-bond acceptors (Lipinski definition) is 5. The van der Waals surface area contributed by atoms with Gasteiger partial charge in [-0.1, -0.05) is 6.42 Å². The van der Waals surface area contributed by atoms with Gasteiger partial charge >= 0.3 is 33.9 Å². The largest absolute Gasteiger partial charge is 0 e. The van der Waals surface area contributed by atoms with Gasteiger partial charge in [0.05, 0.1) is 19.6 Å². The number of aryl methyl sites for hydroxylation is 2. The van der Waals surface area contributed by atoms with Crippen LogP contribution in [0.15, 0.2) is 24.8 Å². The minimum Gasteiger partial charge on any atom is 0 e. The van der Waals surface area contributed by atoms with Crippen molar-refractivity contribution in [2.24, 2.45) is 14.1 Å². The van der Waals surface area contributed by atoms with Crippen LogP contribution in [0.2, 0.25) is 0 Å². The van der Waals surface area contributed by atoms with Gasteiger partial charge in [0.2, 0.25) is 11.8 Å². The van der Waals surface area contributed by atoms with Gasteiger partial charge in [-0.3, -0.25) is 14.5 Å². The Labute approximate surface area is 244 Å². The van der Waals surface area contributed by atoms with E-state index in [0.29, 0.717) is 12.5 Å². The molecule has 2 amide bonds. The van der Waals surface area contributed by atoms with Crippen molar-refractivity contribution >= 4 is 11.8 Å². The van der Waals surface area contributed by atoms with Gasteiger partial charge in [0.1, 0.15) is 11.6 Å². The fourth-order valence-corrected chi connectivity index (χ4v) is 4.18. The first kappa shape index (κ1) is 38.4. The number of imidazole rings is 2. The van der Waals surface area contributed by atoms with E-state index in [2.05, 4.69) is 47.1 Å². The van der Waals surface area contributed by atoms with Crippen LogP contribution in [0.25, 0.3) is 0 Å². The van der Waals surface area contributed by atoms with Gasteiger partial charge in [-0.15, -0.1) is 0 Å². The number of hydrogen-bond donors (Lipinski definition) is 1. The first-order valence-electron chi connectivity index (χ1n) is 12.3. The van der Waals surface area contributed by atoms with Crippen LogP contribution in [0.5, 0.6) is 0 Å². The molecule has 213 valence electrons. The average Bonchev–Trinajstić information content (AvgIpc) is 3.67. The van der Waals surface area contributed by atoms with Crippen LogP contribution in [-0.4, -0.2) is 66.4 Å². The Bertz CT molecular complexity index is 961. The maximum absolute atomic E-state index is 12.2. The number of unbranched alkanes of at least 4 members (excludes halogenated alkanes) is 2. The van der Waals surface area contributed by atoms with Gasteiger partial charge < -0.3 is 19.4 Å². The Morgan fingerprint density at radius 3 is 1.95 bits per heavy atom. The van der Waals surface area contributed by atoms with Gasteiger partial charge in [-0.2, -0.15) is 0 Å². The van der Waals surface area contributed by atoms with E-state index in [9.17, 15) is 9.59 Å². The summed E-state index contributed by atoms with van der Waals surface area (Å²) in [5.41, 5.74) is 0. The van der Waals surface area contributed by atoms with Crippen LogP contribution >= 0.6 is 0 Å². The van der Waals surface area contributed by atoms with E-state index in [0.717, 1.165) is 69.9 Å². The van der Waals surface area contributed by atoms with Gasteiger partial charge in [0, 0.05) is 78.3 Å². The zero-order valence-electron chi connectivity index (χ0n) is 22.8. The average molecular weight is 714 g/mol. The normalized spacial score (nSPS) is 13.4. The number of likely N-dealkylation sites (tertiary alicyclic amines) is 1. The molecule has 1 aliphatic rings. The quantitative estimate of drug-likeness (QED) is 0.202. The molecule has 13 heteroatoms. The molecule has 1 fully saturated rings. The molecular weight excluding hydrogens is 677 g/mol. The molecule has 3 heterocycles. The number of rotatable bonds is 12. The van der Waals surface area contributed by atoms with Gasteiger partial charge in [0.25, 0.3) is 0 Å². The van der Waals surface area contributed by atoms with Gasteiger partial charge in [0.15, 0.2) is 0 Å². The van der Waals surface area contributed by atoms with Crippen molar-refractivity contribution in [2.75, 3.05) is 19.6 Å². The number of carbonyl (C=O) groups is 2. The van der Waals surface area contributed by atoms with Crippen molar-refractivity contribution in [1.29, 1.82) is 0 Å². The molecule has 39 heavy (non-hydrogen) atoms. The second-order valence-corrected chi connectivity index (χ2v) is 8.79. The Kier molecular flexibility index (Phi) is 22.7. The first-order chi connectivity index (χ1) is 18.4. The molecule has 1 atom stereocenters. The molecule has 0 bridgehead atoms. The molecule has 1 aliphatic heterocycles. The molecule has 0 aliphatic carbocycles. The van der Waals surface area contributed by atoms with Crippen LogP contribution in [-0.2, 0) is 71.2 Å². The molecule has 0 aromatic carbocycles. The maximum Gasteiger partial charge on any atom is 0 e. The Morgan fingerprint density at radius 1 is 0.974 bits per heavy atom. The molecule has 0 spiro atoms. The molecule has 1 radical (unpaired) electrons. The third kappa shape index (κ3) is 14.2. The second-order valence-electron chi connectivity index (χ2n) is 8.79.